The van der Waals surface area contributed by atoms with Gasteiger partial charge in [-0.25, -0.2) is 39.5 Å². The summed E-state index contributed by atoms with van der Waals surface area (Å²) in [5, 5.41) is 50.5. The van der Waals surface area contributed by atoms with E-state index >= 15 is 0 Å². The van der Waals surface area contributed by atoms with Crippen LogP contribution < -0.4 is 22.1 Å². The Bertz CT molecular complexity index is 2880. The lowest BCUT2D eigenvalue weighted by Gasteiger charge is -2.29. The van der Waals surface area contributed by atoms with Crippen molar-refractivity contribution < 1.29 is 49.0 Å². The predicted molar refractivity (Wildman–Crippen MR) is 268 cm³/mol. The number of nitrogen functional groups attached to an aromatic ring is 2. The highest BCUT2D eigenvalue weighted by Gasteiger charge is 2.51. The molecule has 0 saturated carbocycles. The molecular weight excluding hydrogens is 945 g/mol. The number of nitrogens with one attached hydrogen (secondary N) is 2. The minimum absolute atomic E-state index is 0.00808. The summed E-state index contributed by atoms with van der Waals surface area (Å²) in [5.41, 5.74) is 14.7. The van der Waals surface area contributed by atoms with Crippen molar-refractivity contribution in [1.82, 2.24) is 54.2 Å². The average Bonchev–Trinajstić information content (AvgIpc) is 4.11. The number of hydrogen-bond donors (Lipinski definition) is 8. The van der Waals surface area contributed by atoms with Gasteiger partial charge in [0, 0.05) is 44.8 Å². The maximum atomic E-state index is 12.6. The van der Waals surface area contributed by atoms with Gasteiger partial charge in [0.1, 0.15) is 66.9 Å². The topological polar surface area (TPSA) is 322 Å². The number of rotatable bonds is 18. The number of carbonyl (C=O) groups is 2. The molecule has 392 valence electrons. The van der Waals surface area contributed by atoms with Crippen LogP contribution in [0.15, 0.2) is 67.5 Å². The highest BCUT2D eigenvalue weighted by Crippen LogP contribution is 2.35. The number of amides is 2. The van der Waals surface area contributed by atoms with E-state index in [0.29, 0.717) is 42.2 Å². The quantitative estimate of drug-likeness (QED) is 0.0610. The number of likely N-dealkylation sites (N-methyl/N-ethyl adjacent to an activating group) is 2. The molecule has 8 rings (SSSR count). The maximum absolute atomic E-state index is 12.6. The van der Waals surface area contributed by atoms with Gasteiger partial charge in [-0.3, -0.25) is 14.5 Å². The molecule has 2 fully saturated rings. The standard InChI is InChI=1S/C49H66N14O10/c1-47(2,3)29-12-14-31(15-13-29)57-46(68)71-19-17-61(7)23-33-39(66)49(69,24-72-33)63-27-56-36-41(51)58-34(59-43(36)63)20-48(4,5)30-10-8-28(9-11-30)21-52-45(67)70-18-16-60(6)22-32-37(64)38(65)44(73-32)62-26-55-35-40(50)53-25-54-42(35)62/h8-15,25-27,32-33,37-39,44,64-66,69H,16-24H2,1-7H3,(H,52,67)(H,57,68)(H2,50,53,54)(H2,51,58,59)/t32-,33-,37-,38-,39-,44-,49-/m1/s1. The van der Waals surface area contributed by atoms with Crippen molar-refractivity contribution in [1.29, 1.82) is 0 Å². The van der Waals surface area contributed by atoms with Gasteiger partial charge < -0.3 is 66.0 Å². The summed E-state index contributed by atoms with van der Waals surface area (Å²) in [5.74, 6) is 0.701. The number of aliphatic hydroxyl groups is 4. The minimum atomic E-state index is -1.92. The van der Waals surface area contributed by atoms with E-state index < -0.39 is 60.1 Å². The smallest absolute Gasteiger partial charge is 0.411 e. The molecule has 6 heterocycles. The molecule has 2 aliphatic rings. The molecule has 0 aliphatic carbocycles. The molecular formula is C49H66N14O10. The van der Waals surface area contributed by atoms with Gasteiger partial charge in [-0.1, -0.05) is 71.0 Å². The van der Waals surface area contributed by atoms with Gasteiger partial charge in [-0.2, -0.15) is 0 Å². The van der Waals surface area contributed by atoms with Gasteiger partial charge >= 0.3 is 12.2 Å². The first-order valence-corrected chi connectivity index (χ1v) is 24.0. The van der Waals surface area contributed by atoms with Gasteiger partial charge in [0.05, 0.1) is 19.3 Å². The molecule has 7 atom stereocenters. The van der Waals surface area contributed by atoms with E-state index in [1.807, 2.05) is 72.2 Å². The molecule has 73 heavy (non-hydrogen) atoms. The summed E-state index contributed by atoms with van der Waals surface area (Å²) in [7, 11) is 3.58. The summed E-state index contributed by atoms with van der Waals surface area (Å²) < 4.78 is 25.7. The second kappa shape index (κ2) is 21.4. The van der Waals surface area contributed by atoms with Crippen LogP contribution in [0, 0.1) is 0 Å². The van der Waals surface area contributed by atoms with Crippen LogP contribution in [0.2, 0.25) is 0 Å². The molecule has 0 bridgehead atoms. The monoisotopic (exact) mass is 1010 g/mol. The number of carbonyl (C=O) groups excluding carboxylic acids is 2. The molecule has 2 saturated heterocycles. The molecule has 0 spiro atoms. The molecule has 6 aromatic rings. The predicted octanol–water partition coefficient (Wildman–Crippen LogP) is 2.01. The number of nitrogens with two attached hydrogens (primary N) is 2. The molecule has 0 unspecified atom stereocenters. The number of alkyl carbamates (subject to hydrolysis) is 1. The lowest BCUT2D eigenvalue weighted by Crippen LogP contribution is -2.48. The third-order valence-corrected chi connectivity index (χ3v) is 13.4. The van der Waals surface area contributed by atoms with Gasteiger partial charge in [-0.15, -0.1) is 0 Å². The molecule has 2 aromatic carbocycles. The zero-order valence-corrected chi connectivity index (χ0v) is 42.0. The number of benzene rings is 2. The first-order chi connectivity index (χ1) is 34.6. The Balaban J connectivity index is 0.782. The van der Waals surface area contributed by atoms with E-state index in [4.69, 9.17) is 35.4 Å². The normalized spacial score (nSPS) is 22.4. The highest BCUT2D eigenvalue weighted by molar-refractivity contribution is 5.84. The van der Waals surface area contributed by atoms with E-state index in [-0.39, 0.29) is 67.7 Å². The zero-order valence-electron chi connectivity index (χ0n) is 42.0. The van der Waals surface area contributed by atoms with Gasteiger partial charge in [0.15, 0.2) is 34.9 Å². The summed E-state index contributed by atoms with van der Waals surface area (Å²) >= 11 is 0. The minimum Gasteiger partial charge on any atom is -0.448 e. The third kappa shape index (κ3) is 11.8. The van der Waals surface area contributed by atoms with Crippen LogP contribution in [0.3, 0.4) is 0 Å². The molecule has 2 amide bonds. The second-order valence-electron chi connectivity index (χ2n) is 20.5. The van der Waals surface area contributed by atoms with Crippen molar-refractivity contribution >= 4 is 51.8 Å². The van der Waals surface area contributed by atoms with Gasteiger partial charge in [0.2, 0.25) is 0 Å². The van der Waals surface area contributed by atoms with Gasteiger partial charge in [-0.05, 0) is 53.7 Å². The Morgan fingerprint density at radius 1 is 0.795 bits per heavy atom. The molecule has 0 radical (unpaired) electrons. The van der Waals surface area contributed by atoms with E-state index in [9.17, 15) is 30.0 Å². The fourth-order valence-corrected chi connectivity index (χ4v) is 8.95. The fourth-order valence-electron chi connectivity index (χ4n) is 8.95. The van der Waals surface area contributed by atoms with Crippen molar-refractivity contribution in [3.63, 3.8) is 0 Å². The number of fused-ring (bicyclic) bond motifs is 2. The first-order valence-electron chi connectivity index (χ1n) is 24.0. The lowest BCUT2D eigenvalue weighted by molar-refractivity contribution is -0.109. The Morgan fingerprint density at radius 3 is 2.11 bits per heavy atom. The van der Waals surface area contributed by atoms with Crippen molar-refractivity contribution in [2.45, 2.75) is 101 Å². The summed E-state index contributed by atoms with van der Waals surface area (Å²) in [4.78, 5) is 54.8. The van der Waals surface area contributed by atoms with Crippen LogP contribution in [-0.4, -0.2) is 172 Å². The van der Waals surface area contributed by atoms with Gasteiger partial charge in [0.25, 0.3) is 0 Å². The Hall–Kier alpha value is -6.64. The summed E-state index contributed by atoms with van der Waals surface area (Å²) in [6.45, 7) is 11.7. The zero-order chi connectivity index (χ0) is 52.4. The van der Waals surface area contributed by atoms with Crippen LogP contribution in [0.25, 0.3) is 22.3 Å². The summed E-state index contributed by atoms with van der Waals surface area (Å²) in [6, 6.07) is 15.3. The second-order valence-corrected chi connectivity index (χ2v) is 20.5. The van der Waals surface area contributed by atoms with E-state index in [1.165, 1.54) is 28.1 Å². The fraction of sp³-hybridized carbons (Fsp3) is 0.510. The molecule has 24 heteroatoms. The SMILES string of the molecule is CN(CCOC(=O)NCc1ccc(C(C)(C)Cc2nc(N)c3ncn([C@@]4(O)CO[C@H](CN(C)CCOC(=O)Nc5ccc(C(C)(C)C)cc5)[C@H]4O)c3n2)cc1)C[C@H]1O[C@@H](n2cnc3c(N)ncnc32)[C@H](O)[C@@H]1O. The number of aliphatic hydroxyl groups excluding tert-OH is 3. The van der Waals surface area contributed by atoms with Crippen LogP contribution in [0.1, 0.15) is 63.4 Å². The Morgan fingerprint density at radius 2 is 1.42 bits per heavy atom. The number of nitrogens with zero attached hydrogens (tertiary/aromatic N) is 10. The Labute approximate surface area is 421 Å². The maximum Gasteiger partial charge on any atom is 0.411 e. The largest absolute Gasteiger partial charge is 0.448 e. The average molecular weight is 1010 g/mol. The summed E-state index contributed by atoms with van der Waals surface area (Å²) in [6.07, 6.45) is -3.05. The number of imidazole rings is 2. The number of ether oxygens (including phenoxy) is 4. The van der Waals surface area contributed by atoms with Crippen molar-refractivity contribution in [3.8, 4) is 0 Å². The van der Waals surface area contributed by atoms with E-state index in [0.717, 1.165) is 16.7 Å². The molecule has 24 nitrogen and oxygen atoms in total. The van der Waals surface area contributed by atoms with Crippen molar-refractivity contribution in [2.75, 3.05) is 76.9 Å². The Kier molecular flexibility index (Phi) is 15.5. The van der Waals surface area contributed by atoms with Crippen LogP contribution in [-0.2, 0) is 48.5 Å². The van der Waals surface area contributed by atoms with Crippen LogP contribution >= 0.6 is 0 Å². The van der Waals surface area contributed by atoms with Crippen molar-refractivity contribution in [3.05, 3.63) is 90.0 Å². The third-order valence-electron chi connectivity index (χ3n) is 13.4. The van der Waals surface area contributed by atoms with Crippen molar-refractivity contribution in [2.24, 2.45) is 0 Å². The number of anilines is 3. The lowest BCUT2D eigenvalue weighted by atomic mass is 9.81. The molecule has 10 N–H and O–H groups in total. The first kappa shape index (κ1) is 52.7. The number of aromatic nitrogens is 8. The highest BCUT2D eigenvalue weighted by atomic mass is 16.6. The van der Waals surface area contributed by atoms with Crippen LogP contribution in [0.4, 0.5) is 26.9 Å². The molecule has 4 aromatic heterocycles. The molecule has 2 aliphatic heterocycles. The number of hydrogen-bond acceptors (Lipinski definition) is 20. The van der Waals surface area contributed by atoms with E-state index in [2.05, 4.69) is 56.3 Å². The van der Waals surface area contributed by atoms with Crippen LogP contribution in [0.5, 0.6) is 0 Å². The van der Waals surface area contributed by atoms with E-state index in [1.54, 1.807) is 14.1 Å².